The van der Waals surface area contributed by atoms with E-state index in [0.29, 0.717) is 18.9 Å². The van der Waals surface area contributed by atoms with E-state index in [1.165, 1.54) is 12.5 Å². The normalized spacial score (nSPS) is 26.0. The summed E-state index contributed by atoms with van der Waals surface area (Å²) < 4.78 is 0. The van der Waals surface area contributed by atoms with Gasteiger partial charge in [0.05, 0.1) is 5.54 Å². The standard InChI is InChI=1S/C17H21N3O2/c1-2-15(21)19-10-6-16(22)20-11-7-13-5-8-17(13,20)14-4-3-9-18-12-14/h2-4,9,12-13H,1,5-8,10-11H2,(H,19,21)/t13-,17-/m0/s1. The van der Waals surface area contributed by atoms with Gasteiger partial charge in [0.25, 0.3) is 0 Å². The lowest BCUT2D eigenvalue weighted by atomic mass is 9.64. The third-order valence-corrected chi connectivity index (χ3v) is 5.02. The molecule has 2 heterocycles. The maximum atomic E-state index is 12.6. The van der Waals surface area contributed by atoms with E-state index in [9.17, 15) is 9.59 Å². The van der Waals surface area contributed by atoms with Crippen molar-refractivity contribution in [1.29, 1.82) is 0 Å². The molecular formula is C17H21N3O2. The van der Waals surface area contributed by atoms with Crippen LogP contribution in [0.25, 0.3) is 0 Å². The number of nitrogens with one attached hydrogen (secondary N) is 1. The fourth-order valence-corrected chi connectivity index (χ4v) is 3.85. The van der Waals surface area contributed by atoms with Crippen molar-refractivity contribution in [2.45, 2.75) is 31.2 Å². The summed E-state index contributed by atoms with van der Waals surface area (Å²) >= 11 is 0. The first-order valence-electron chi connectivity index (χ1n) is 7.79. The van der Waals surface area contributed by atoms with Gasteiger partial charge in [-0.15, -0.1) is 0 Å². The van der Waals surface area contributed by atoms with Crippen molar-refractivity contribution in [2.75, 3.05) is 13.1 Å². The molecule has 0 radical (unpaired) electrons. The number of carbonyl (C=O) groups excluding carboxylic acids is 2. The maximum absolute atomic E-state index is 12.6. The zero-order valence-electron chi connectivity index (χ0n) is 12.6. The topological polar surface area (TPSA) is 62.3 Å². The zero-order chi connectivity index (χ0) is 15.6. The number of nitrogens with zero attached hydrogens (tertiary/aromatic N) is 2. The number of aromatic nitrogens is 1. The predicted molar refractivity (Wildman–Crippen MR) is 82.8 cm³/mol. The SMILES string of the molecule is C=CC(=O)NCCC(=O)N1CC[C@@H]2CC[C@@]21c1cccnc1. The fraction of sp³-hybridized carbons (Fsp3) is 0.471. The van der Waals surface area contributed by atoms with Crippen molar-refractivity contribution in [3.8, 4) is 0 Å². The molecule has 2 amide bonds. The first-order chi connectivity index (χ1) is 10.7. The average Bonchev–Trinajstić information content (AvgIpc) is 2.79. The Bertz CT molecular complexity index is 587. The molecule has 0 aromatic carbocycles. The second-order valence-corrected chi connectivity index (χ2v) is 5.98. The number of carbonyl (C=O) groups is 2. The molecule has 2 aliphatic rings. The molecule has 2 fully saturated rings. The van der Waals surface area contributed by atoms with Crippen molar-refractivity contribution < 1.29 is 9.59 Å². The van der Waals surface area contributed by atoms with Crippen molar-refractivity contribution in [3.05, 3.63) is 42.7 Å². The highest BCUT2D eigenvalue weighted by atomic mass is 16.2. The molecule has 5 nitrogen and oxygen atoms in total. The molecule has 1 aliphatic heterocycles. The van der Waals surface area contributed by atoms with E-state index in [4.69, 9.17) is 0 Å². The number of rotatable bonds is 5. The monoisotopic (exact) mass is 299 g/mol. The summed E-state index contributed by atoms with van der Waals surface area (Å²) in [6, 6.07) is 4.01. The van der Waals surface area contributed by atoms with Crippen molar-refractivity contribution in [1.82, 2.24) is 15.2 Å². The van der Waals surface area contributed by atoms with Gasteiger partial charge in [-0.25, -0.2) is 0 Å². The Kier molecular flexibility index (Phi) is 3.96. The molecule has 1 saturated heterocycles. The first kappa shape index (κ1) is 14.8. The summed E-state index contributed by atoms with van der Waals surface area (Å²) in [6.45, 7) is 4.56. The summed E-state index contributed by atoms with van der Waals surface area (Å²) in [5.74, 6) is 0.413. The van der Waals surface area contributed by atoms with Crippen LogP contribution in [0.15, 0.2) is 37.2 Å². The van der Waals surface area contributed by atoms with Gasteiger partial charge in [-0.2, -0.15) is 0 Å². The molecule has 22 heavy (non-hydrogen) atoms. The van der Waals surface area contributed by atoms with Gasteiger partial charge in [0, 0.05) is 31.9 Å². The van der Waals surface area contributed by atoms with Gasteiger partial charge < -0.3 is 10.2 Å². The summed E-state index contributed by atoms with van der Waals surface area (Å²) in [7, 11) is 0. The van der Waals surface area contributed by atoms with Gasteiger partial charge in [0.15, 0.2) is 0 Å². The molecular weight excluding hydrogens is 278 g/mol. The number of hydrogen-bond acceptors (Lipinski definition) is 3. The Hall–Kier alpha value is -2.17. The summed E-state index contributed by atoms with van der Waals surface area (Å²) in [5, 5.41) is 2.67. The molecule has 5 heteroatoms. The van der Waals surface area contributed by atoms with Crippen LogP contribution in [-0.2, 0) is 15.1 Å². The van der Waals surface area contributed by atoms with Gasteiger partial charge in [-0.3, -0.25) is 14.6 Å². The lowest BCUT2D eigenvalue weighted by molar-refractivity contribution is -0.140. The Labute approximate surface area is 130 Å². The van der Waals surface area contributed by atoms with E-state index in [0.717, 1.165) is 24.9 Å². The highest BCUT2D eigenvalue weighted by Crippen LogP contribution is 2.56. The highest BCUT2D eigenvalue weighted by Gasteiger charge is 2.57. The average molecular weight is 299 g/mol. The van der Waals surface area contributed by atoms with E-state index in [1.807, 2.05) is 17.2 Å². The van der Waals surface area contributed by atoms with Crippen LogP contribution in [-0.4, -0.2) is 34.8 Å². The van der Waals surface area contributed by atoms with Crippen LogP contribution >= 0.6 is 0 Å². The van der Waals surface area contributed by atoms with Crippen LogP contribution in [0.4, 0.5) is 0 Å². The van der Waals surface area contributed by atoms with Gasteiger partial charge in [-0.1, -0.05) is 12.6 Å². The summed E-state index contributed by atoms with van der Waals surface area (Å²) in [4.78, 5) is 30.0. The van der Waals surface area contributed by atoms with Crippen molar-refractivity contribution >= 4 is 11.8 Å². The van der Waals surface area contributed by atoms with Crippen LogP contribution in [0.5, 0.6) is 0 Å². The second-order valence-electron chi connectivity index (χ2n) is 5.98. The second kappa shape index (κ2) is 5.91. The molecule has 0 spiro atoms. The van der Waals surface area contributed by atoms with Gasteiger partial charge in [-0.05, 0) is 42.9 Å². The van der Waals surface area contributed by atoms with Crippen LogP contribution < -0.4 is 5.32 Å². The van der Waals surface area contributed by atoms with E-state index >= 15 is 0 Å². The summed E-state index contributed by atoms with van der Waals surface area (Å²) in [5.41, 5.74) is 0.987. The number of likely N-dealkylation sites (tertiary alicyclic amines) is 1. The minimum Gasteiger partial charge on any atom is -0.352 e. The lowest BCUT2D eigenvalue weighted by Crippen LogP contribution is -2.54. The molecule has 1 aromatic rings. The first-order valence-corrected chi connectivity index (χ1v) is 7.79. The maximum Gasteiger partial charge on any atom is 0.243 e. The Balaban J connectivity index is 1.71. The Morgan fingerprint density at radius 1 is 1.50 bits per heavy atom. The zero-order valence-corrected chi connectivity index (χ0v) is 12.6. The largest absolute Gasteiger partial charge is 0.352 e. The Morgan fingerprint density at radius 2 is 2.36 bits per heavy atom. The van der Waals surface area contributed by atoms with E-state index in [2.05, 4.69) is 22.9 Å². The third-order valence-electron chi connectivity index (χ3n) is 5.02. The fourth-order valence-electron chi connectivity index (χ4n) is 3.85. The molecule has 0 unspecified atom stereocenters. The number of fused-ring (bicyclic) bond motifs is 1. The van der Waals surface area contributed by atoms with Gasteiger partial charge in [0.2, 0.25) is 11.8 Å². The molecule has 1 saturated carbocycles. The van der Waals surface area contributed by atoms with Gasteiger partial charge >= 0.3 is 0 Å². The van der Waals surface area contributed by atoms with E-state index in [1.54, 1.807) is 6.20 Å². The molecule has 1 aliphatic carbocycles. The van der Waals surface area contributed by atoms with Crippen LogP contribution in [0.3, 0.4) is 0 Å². The number of amides is 2. The lowest BCUT2D eigenvalue weighted by Gasteiger charge is -2.50. The van der Waals surface area contributed by atoms with Crippen LogP contribution in [0.2, 0.25) is 0 Å². The third kappa shape index (κ3) is 2.30. The van der Waals surface area contributed by atoms with E-state index in [-0.39, 0.29) is 17.4 Å². The highest BCUT2D eigenvalue weighted by molar-refractivity contribution is 5.87. The number of pyridine rings is 1. The molecule has 3 rings (SSSR count). The molecule has 1 aromatic heterocycles. The number of hydrogen-bond donors (Lipinski definition) is 1. The minimum atomic E-state index is -0.238. The molecule has 2 atom stereocenters. The van der Waals surface area contributed by atoms with Crippen LogP contribution in [0, 0.1) is 5.92 Å². The van der Waals surface area contributed by atoms with E-state index < -0.39 is 0 Å². The molecule has 0 bridgehead atoms. The minimum absolute atomic E-state index is 0.107. The Morgan fingerprint density at radius 3 is 3.00 bits per heavy atom. The van der Waals surface area contributed by atoms with Crippen molar-refractivity contribution in [2.24, 2.45) is 5.92 Å². The van der Waals surface area contributed by atoms with Gasteiger partial charge in [0.1, 0.15) is 0 Å². The van der Waals surface area contributed by atoms with Crippen molar-refractivity contribution in [3.63, 3.8) is 0 Å². The summed E-state index contributed by atoms with van der Waals surface area (Å²) in [6.07, 6.45) is 8.43. The predicted octanol–water partition coefficient (Wildman–Crippen LogP) is 1.61. The molecule has 116 valence electrons. The molecule has 1 N–H and O–H groups in total. The van der Waals surface area contributed by atoms with Crippen LogP contribution in [0.1, 0.15) is 31.2 Å². The quantitative estimate of drug-likeness (QED) is 0.840. The smallest absolute Gasteiger partial charge is 0.243 e.